The quantitative estimate of drug-likeness (QED) is 0.879. The molecule has 1 aromatic carbocycles. The lowest BCUT2D eigenvalue weighted by Crippen LogP contribution is -2.14. The second-order valence-corrected chi connectivity index (χ2v) is 3.73. The minimum Gasteiger partial charge on any atom is -0.449 e. The Labute approximate surface area is 98.3 Å². The number of nitrogens with one attached hydrogen (secondary N) is 1. The lowest BCUT2D eigenvalue weighted by atomic mass is 10.3. The van der Waals surface area contributed by atoms with Gasteiger partial charge in [0.25, 0.3) is 0 Å². The predicted octanol–water partition coefficient (Wildman–Crippen LogP) is 3.95. The van der Waals surface area contributed by atoms with Crippen molar-refractivity contribution in [2.24, 2.45) is 0 Å². The largest absolute Gasteiger partial charge is 0.449 e. The van der Waals surface area contributed by atoms with Crippen molar-refractivity contribution in [1.82, 2.24) is 0 Å². The van der Waals surface area contributed by atoms with Gasteiger partial charge in [0.1, 0.15) is 0 Å². The zero-order valence-electron chi connectivity index (χ0n) is 8.22. The van der Waals surface area contributed by atoms with E-state index in [2.05, 4.69) is 5.32 Å². The lowest BCUT2D eigenvalue weighted by Gasteiger charge is -2.07. The number of benzene rings is 1. The van der Waals surface area contributed by atoms with Crippen molar-refractivity contribution in [2.45, 2.75) is 13.3 Å². The second-order valence-electron chi connectivity index (χ2n) is 2.89. The molecule has 0 aliphatic carbocycles. The summed E-state index contributed by atoms with van der Waals surface area (Å²) in [6, 6.07) is 4.82. The molecule has 1 aromatic rings. The lowest BCUT2D eigenvalue weighted by molar-refractivity contribution is 0.161. The minimum absolute atomic E-state index is 0.385. The average molecular weight is 248 g/mol. The van der Waals surface area contributed by atoms with Gasteiger partial charge < -0.3 is 4.74 Å². The Morgan fingerprint density at radius 1 is 1.47 bits per heavy atom. The van der Waals surface area contributed by atoms with Gasteiger partial charge in [0.05, 0.1) is 17.3 Å². The molecule has 0 spiro atoms. The van der Waals surface area contributed by atoms with Crippen molar-refractivity contribution < 1.29 is 9.53 Å². The summed E-state index contributed by atoms with van der Waals surface area (Å²) in [5.41, 5.74) is 0.488. The molecule has 0 unspecified atom stereocenters. The van der Waals surface area contributed by atoms with Crippen LogP contribution in [0.4, 0.5) is 10.5 Å². The molecule has 0 aliphatic heterocycles. The molecule has 1 amide bonds. The van der Waals surface area contributed by atoms with Crippen molar-refractivity contribution in [2.75, 3.05) is 11.9 Å². The van der Waals surface area contributed by atoms with Gasteiger partial charge in [-0.15, -0.1) is 0 Å². The van der Waals surface area contributed by atoms with Gasteiger partial charge in [0.2, 0.25) is 0 Å². The molecule has 5 heteroatoms. The van der Waals surface area contributed by atoms with Crippen LogP contribution in [0.2, 0.25) is 10.0 Å². The second kappa shape index (κ2) is 5.83. The highest BCUT2D eigenvalue weighted by Gasteiger charge is 2.06. The first-order valence-electron chi connectivity index (χ1n) is 4.52. The molecule has 82 valence electrons. The Balaban J connectivity index is 2.60. The van der Waals surface area contributed by atoms with E-state index < -0.39 is 6.09 Å². The molecule has 0 heterocycles. The van der Waals surface area contributed by atoms with Crippen molar-refractivity contribution >= 4 is 35.0 Å². The van der Waals surface area contributed by atoms with E-state index in [0.29, 0.717) is 22.3 Å². The Morgan fingerprint density at radius 3 is 2.80 bits per heavy atom. The Kier molecular flexibility index (Phi) is 4.72. The number of ether oxygens (including phenoxy) is 1. The zero-order valence-corrected chi connectivity index (χ0v) is 9.73. The van der Waals surface area contributed by atoms with Gasteiger partial charge in [-0.1, -0.05) is 30.1 Å². The van der Waals surface area contributed by atoms with Gasteiger partial charge in [-0.05, 0) is 24.6 Å². The number of hydrogen-bond acceptors (Lipinski definition) is 2. The van der Waals surface area contributed by atoms with Gasteiger partial charge in [-0.3, -0.25) is 5.32 Å². The first-order chi connectivity index (χ1) is 7.13. The average Bonchev–Trinajstić information content (AvgIpc) is 2.19. The van der Waals surface area contributed by atoms with E-state index in [1.54, 1.807) is 18.2 Å². The monoisotopic (exact) mass is 247 g/mol. The van der Waals surface area contributed by atoms with E-state index >= 15 is 0 Å². The first-order valence-corrected chi connectivity index (χ1v) is 5.28. The van der Waals surface area contributed by atoms with Crippen LogP contribution in [0.15, 0.2) is 18.2 Å². The maximum atomic E-state index is 11.2. The summed E-state index contributed by atoms with van der Waals surface area (Å²) in [5.74, 6) is 0. The van der Waals surface area contributed by atoms with Crippen LogP contribution in [0.25, 0.3) is 0 Å². The molecule has 0 atom stereocenters. The number of hydrogen-bond donors (Lipinski definition) is 1. The van der Waals surface area contributed by atoms with Crippen molar-refractivity contribution in [3.8, 4) is 0 Å². The molecule has 1 N–H and O–H groups in total. The highest BCUT2D eigenvalue weighted by Crippen LogP contribution is 2.25. The van der Waals surface area contributed by atoms with Crippen LogP contribution in [0.5, 0.6) is 0 Å². The molecule has 0 radical (unpaired) electrons. The molecule has 0 saturated heterocycles. The molecule has 0 saturated carbocycles. The van der Waals surface area contributed by atoms with Crippen molar-refractivity contribution in [3.05, 3.63) is 28.2 Å². The smallest absolute Gasteiger partial charge is 0.411 e. The van der Waals surface area contributed by atoms with Crippen LogP contribution < -0.4 is 5.32 Å². The highest BCUT2D eigenvalue weighted by atomic mass is 35.5. The molecular weight excluding hydrogens is 237 g/mol. The maximum absolute atomic E-state index is 11.2. The van der Waals surface area contributed by atoms with Gasteiger partial charge in [-0.2, -0.15) is 0 Å². The summed E-state index contributed by atoms with van der Waals surface area (Å²) < 4.78 is 4.84. The number of anilines is 1. The maximum Gasteiger partial charge on any atom is 0.411 e. The third kappa shape index (κ3) is 3.98. The van der Waals surface area contributed by atoms with Gasteiger partial charge in [0, 0.05) is 5.02 Å². The molecule has 0 aliphatic rings. The Morgan fingerprint density at radius 2 is 2.20 bits per heavy atom. The molecule has 15 heavy (non-hydrogen) atoms. The normalized spacial score (nSPS) is 9.80. The summed E-state index contributed by atoms with van der Waals surface area (Å²) in [4.78, 5) is 11.2. The standard InChI is InChI=1S/C10H11Cl2NO2/c1-2-5-15-10(14)13-9-4-3-7(11)6-8(9)12/h3-4,6H,2,5H2,1H3,(H,13,14). The summed E-state index contributed by atoms with van der Waals surface area (Å²) in [7, 11) is 0. The van der Waals surface area contributed by atoms with Crippen LogP contribution in [0, 0.1) is 0 Å². The fraction of sp³-hybridized carbons (Fsp3) is 0.300. The first kappa shape index (κ1) is 12.1. The van der Waals surface area contributed by atoms with Gasteiger partial charge in [0.15, 0.2) is 0 Å². The summed E-state index contributed by atoms with van der Waals surface area (Å²) in [6.45, 7) is 2.31. The number of carbonyl (C=O) groups excluding carboxylic acids is 1. The molecule has 3 nitrogen and oxygen atoms in total. The van der Waals surface area contributed by atoms with Crippen LogP contribution in [0.1, 0.15) is 13.3 Å². The van der Waals surface area contributed by atoms with E-state index in [9.17, 15) is 4.79 Å². The third-order valence-electron chi connectivity index (χ3n) is 1.61. The molecule has 1 rings (SSSR count). The molecule has 0 fully saturated rings. The summed E-state index contributed by atoms with van der Waals surface area (Å²) >= 11 is 11.6. The van der Waals surface area contributed by atoms with E-state index in [1.807, 2.05) is 6.92 Å². The number of amides is 1. The van der Waals surface area contributed by atoms with E-state index in [1.165, 1.54) is 0 Å². The fourth-order valence-corrected chi connectivity index (χ4v) is 1.39. The van der Waals surface area contributed by atoms with Crippen LogP contribution >= 0.6 is 23.2 Å². The number of rotatable bonds is 3. The minimum atomic E-state index is -0.513. The summed E-state index contributed by atoms with van der Waals surface area (Å²) in [5, 5.41) is 3.43. The topological polar surface area (TPSA) is 38.3 Å². The Bertz CT molecular complexity index is 355. The van der Waals surface area contributed by atoms with Crippen LogP contribution in [-0.2, 0) is 4.74 Å². The Hall–Kier alpha value is -0.930. The predicted molar refractivity (Wildman–Crippen MR) is 61.7 cm³/mol. The van der Waals surface area contributed by atoms with E-state index in [-0.39, 0.29) is 0 Å². The van der Waals surface area contributed by atoms with Crippen LogP contribution in [-0.4, -0.2) is 12.7 Å². The molecule has 0 bridgehead atoms. The fourth-order valence-electron chi connectivity index (χ4n) is 0.932. The van der Waals surface area contributed by atoms with Gasteiger partial charge in [-0.25, -0.2) is 4.79 Å². The number of halogens is 2. The highest BCUT2D eigenvalue weighted by molar-refractivity contribution is 6.36. The number of carbonyl (C=O) groups is 1. The summed E-state index contributed by atoms with van der Waals surface area (Å²) in [6.07, 6.45) is 0.267. The van der Waals surface area contributed by atoms with Crippen molar-refractivity contribution in [1.29, 1.82) is 0 Å². The molecular formula is C10H11Cl2NO2. The van der Waals surface area contributed by atoms with E-state index in [4.69, 9.17) is 27.9 Å². The van der Waals surface area contributed by atoms with Gasteiger partial charge >= 0.3 is 6.09 Å². The van der Waals surface area contributed by atoms with E-state index in [0.717, 1.165) is 6.42 Å². The van der Waals surface area contributed by atoms with Crippen LogP contribution in [0.3, 0.4) is 0 Å². The zero-order chi connectivity index (χ0) is 11.3. The van der Waals surface area contributed by atoms with Crippen molar-refractivity contribution in [3.63, 3.8) is 0 Å². The SMILES string of the molecule is CCCOC(=O)Nc1ccc(Cl)cc1Cl. The molecule has 0 aromatic heterocycles. The third-order valence-corrected chi connectivity index (χ3v) is 2.15.